The lowest BCUT2D eigenvalue weighted by atomic mass is 9.45. The fourth-order valence-electron chi connectivity index (χ4n) is 9.29. The third kappa shape index (κ3) is 4.49. The smallest absolute Gasteiger partial charge is 0.0682 e. The van der Waals surface area contributed by atoms with Crippen molar-refractivity contribution in [1.29, 1.82) is 0 Å². The maximum atomic E-state index is 11.0. The number of hydrogen-bond donors (Lipinski definition) is 2. The molecule has 0 saturated heterocycles. The van der Waals surface area contributed by atoms with E-state index in [0.717, 1.165) is 55.8 Å². The number of hydrogen-bond acceptors (Lipinski definition) is 3. The summed E-state index contributed by atoms with van der Waals surface area (Å²) in [6.45, 7) is 14.6. The van der Waals surface area contributed by atoms with Gasteiger partial charge in [0.2, 0.25) is 0 Å². The zero-order valence-corrected chi connectivity index (χ0v) is 22.6. The number of rotatable bonds is 7. The summed E-state index contributed by atoms with van der Waals surface area (Å²) in [7, 11) is 1.72. The molecule has 3 heteroatoms. The Hall–Kier alpha value is -0.380. The zero-order valence-electron chi connectivity index (χ0n) is 22.6. The zero-order chi connectivity index (χ0) is 24.2. The van der Waals surface area contributed by atoms with Gasteiger partial charge in [0, 0.05) is 13.7 Å². The lowest BCUT2D eigenvalue weighted by Gasteiger charge is -2.60. The van der Waals surface area contributed by atoms with Crippen LogP contribution in [0.15, 0.2) is 11.6 Å². The van der Waals surface area contributed by atoms with Crippen LogP contribution in [0.4, 0.5) is 0 Å². The number of methoxy groups -OCH3 is 1. The molecule has 4 aliphatic carbocycles. The van der Waals surface area contributed by atoms with Crippen molar-refractivity contribution in [2.75, 3.05) is 13.7 Å². The summed E-state index contributed by atoms with van der Waals surface area (Å²) < 4.78 is 5.21. The first-order valence-corrected chi connectivity index (χ1v) is 14.0. The predicted octanol–water partition coefficient (Wildman–Crippen LogP) is 6.77. The molecule has 0 heterocycles. The fraction of sp³-hybridized carbons (Fsp3) is 0.933. The average Bonchev–Trinajstić information content (AvgIpc) is 3.09. The molecule has 0 aromatic heterocycles. The maximum absolute atomic E-state index is 11.0. The van der Waals surface area contributed by atoms with Gasteiger partial charge in [-0.25, -0.2) is 0 Å². The number of aliphatic hydroxyl groups is 2. The summed E-state index contributed by atoms with van der Waals surface area (Å²) in [4.78, 5) is 0. The van der Waals surface area contributed by atoms with E-state index in [9.17, 15) is 10.2 Å². The largest absolute Gasteiger partial charge is 0.390 e. The van der Waals surface area contributed by atoms with E-state index in [1.807, 2.05) is 6.92 Å². The van der Waals surface area contributed by atoms with Crippen molar-refractivity contribution < 1.29 is 14.9 Å². The Labute approximate surface area is 203 Å². The van der Waals surface area contributed by atoms with Crippen molar-refractivity contribution >= 4 is 0 Å². The third-order valence-corrected chi connectivity index (χ3v) is 11.7. The van der Waals surface area contributed by atoms with Crippen LogP contribution in [-0.2, 0) is 4.74 Å². The van der Waals surface area contributed by atoms with Gasteiger partial charge in [0.25, 0.3) is 0 Å². The standard InChI is InChI=1S/C30H52O3/c1-20(12-14-27(3,31)16-17-33-7)24-10-11-25-23-9-8-22-19-30(6,32)21(2)18-29(22,5)26(23)13-15-28(24,25)4/h8,20-21,23-26,31-32H,9-19H2,1-7H3/t20-,21?,23+,24-,25+,26+,27?,28-,29+,30-/m1/s1. The van der Waals surface area contributed by atoms with Crippen molar-refractivity contribution in [2.45, 2.75) is 117 Å². The second-order valence-corrected chi connectivity index (χ2v) is 13.9. The van der Waals surface area contributed by atoms with Gasteiger partial charge in [-0.1, -0.05) is 39.3 Å². The fourth-order valence-corrected chi connectivity index (χ4v) is 9.29. The van der Waals surface area contributed by atoms with Crippen LogP contribution in [0.25, 0.3) is 0 Å². The van der Waals surface area contributed by atoms with Crippen molar-refractivity contribution in [1.82, 2.24) is 0 Å². The summed E-state index contributed by atoms with van der Waals surface area (Å²) >= 11 is 0. The lowest BCUT2D eigenvalue weighted by Crippen LogP contribution is -2.54. The molecule has 4 aliphatic rings. The summed E-state index contributed by atoms with van der Waals surface area (Å²) in [6, 6.07) is 0. The number of ether oxygens (including phenoxy) is 1. The summed E-state index contributed by atoms with van der Waals surface area (Å²) in [5.74, 6) is 4.26. The molecule has 3 fully saturated rings. The highest BCUT2D eigenvalue weighted by atomic mass is 16.5. The lowest BCUT2D eigenvalue weighted by molar-refractivity contribution is -0.0916. The van der Waals surface area contributed by atoms with Crippen LogP contribution >= 0.6 is 0 Å². The quantitative estimate of drug-likeness (QED) is 0.412. The molecule has 10 atom stereocenters. The average molecular weight is 461 g/mol. The Morgan fingerprint density at radius 2 is 1.88 bits per heavy atom. The van der Waals surface area contributed by atoms with E-state index < -0.39 is 11.2 Å². The Bertz CT molecular complexity index is 739. The van der Waals surface area contributed by atoms with Crippen LogP contribution in [0.3, 0.4) is 0 Å². The summed E-state index contributed by atoms with van der Waals surface area (Å²) in [5.41, 5.74) is 1.15. The normalized spacial score (nSPS) is 47.7. The van der Waals surface area contributed by atoms with Crippen molar-refractivity contribution in [3.05, 3.63) is 11.6 Å². The highest BCUT2D eigenvalue weighted by molar-refractivity contribution is 5.27. The van der Waals surface area contributed by atoms with Gasteiger partial charge in [-0.3, -0.25) is 0 Å². The SMILES string of the molecule is COCCC(C)(O)CC[C@@H](C)[C@H]1CC[C@H]2[C@@H]3CC=C4C[C@@](C)(O)C(C)C[C@]4(C)[C@H]3CC[C@]12C. The first-order chi connectivity index (χ1) is 15.3. The number of allylic oxidation sites excluding steroid dienone is 1. The molecule has 3 saturated carbocycles. The van der Waals surface area contributed by atoms with E-state index in [0.29, 0.717) is 23.9 Å². The van der Waals surface area contributed by atoms with Gasteiger partial charge >= 0.3 is 0 Å². The molecule has 190 valence electrons. The van der Waals surface area contributed by atoms with E-state index in [1.54, 1.807) is 12.7 Å². The topological polar surface area (TPSA) is 49.7 Å². The van der Waals surface area contributed by atoms with Gasteiger partial charge in [-0.2, -0.15) is 0 Å². The van der Waals surface area contributed by atoms with Gasteiger partial charge in [-0.15, -0.1) is 0 Å². The van der Waals surface area contributed by atoms with Crippen LogP contribution in [0.1, 0.15) is 106 Å². The Balaban J connectivity index is 1.47. The van der Waals surface area contributed by atoms with Gasteiger partial charge < -0.3 is 14.9 Å². The molecule has 0 amide bonds. The second-order valence-electron chi connectivity index (χ2n) is 13.9. The van der Waals surface area contributed by atoms with E-state index in [-0.39, 0.29) is 5.41 Å². The Morgan fingerprint density at radius 3 is 2.58 bits per heavy atom. The van der Waals surface area contributed by atoms with Crippen molar-refractivity contribution in [2.24, 2.45) is 46.3 Å². The summed E-state index contributed by atoms with van der Waals surface area (Å²) in [6.07, 6.45) is 14.0. The molecule has 4 rings (SSSR count). The van der Waals surface area contributed by atoms with Gasteiger partial charge in [0.05, 0.1) is 11.2 Å². The molecule has 0 bridgehead atoms. The van der Waals surface area contributed by atoms with Crippen molar-refractivity contribution in [3.8, 4) is 0 Å². The highest BCUT2D eigenvalue weighted by Crippen LogP contribution is 2.68. The monoisotopic (exact) mass is 460 g/mol. The molecular formula is C30H52O3. The predicted molar refractivity (Wildman–Crippen MR) is 136 cm³/mol. The van der Waals surface area contributed by atoms with Crippen LogP contribution in [0, 0.1) is 46.3 Å². The van der Waals surface area contributed by atoms with Crippen LogP contribution in [-0.4, -0.2) is 35.1 Å². The first-order valence-electron chi connectivity index (χ1n) is 14.0. The molecule has 3 nitrogen and oxygen atoms in total. The third-order valence-electron chi connectivity index (χ3n) is 11.7. The van der Waals surface area contributed by atoms with Gasteiger partial charge in [-0.05, 0) is 124 Å². The van der Waals surface area contributed by atoms with E-state index in [4.69, 9.17) is 4.74 Å². The molecule has 33 heavy (non-hydrogen) atoms. The van der Waals surface area contributed by atoms with Crippen LogP contribution in [0.2, 0.25) is 0 Å². The molecule has 0 aliphatic heterocycles. The maximum Gasteiger partial charge on any atom is 0.0682 e. The number of fused-ring (bicyclic) bond motifs is 5. The van der Waals surface area contributed by atoms with Crippen LogP contribution in [0.5, 0.6) is 0 Å². The van der Waals surface area contributed by atoms with Gasteiger partial charge in [0.1, 0.15) is 0 Å². The molecule has 0 spiro atoms. The first kappa shape index (κ1) is 25.7. The Morgan fingerprint density at radius 1 is 1.15 bits per heavy atom. The van der Waals surface area contributed by atoms with E-state index >= 15 is 0 Å². The summed E-state index contributed by atoms with van der Waals surface area (Å²) in [5, 5.41) is 21.7. The van der Waals surface area contributed by atoms with Gasteiger partial charge in [0.15, 0.2) is 0 Å². The highest BCUT2D eigenvalue weighted by Gasteiger charge is 2.60. The molecule has 2 N–H and O–H groups in total. The van der Waals surface area contributed by atoms with Crippen LogP contribution < -0.4 is 0 Å². The van der Waals surface area contributed by atoms with E-state index in [2.05, 4.69) is 40.7 Å². The van der Waals surface area contributed by atoms with Crippen molar-refractivity contribution in [3.63, 3.8) is 0 Å². The minimum atomic E-state index is -0.612. The minimum Gasteiger partial charge on any atom is -0.390 e. The Kier molecular flexibility index (Phi) is 6.96. The van der Waals surface area contributed by atoms with E-state index in [1.165, 1.54) is 32.1 Å². The molecule has 0 radical (unpaired) electrons. The second kappa shape index (κ2) is 8.93. The minimum absolute atomic E-state index is 0.287. The molecule has 0 aromatic rings. The molecular weight excluding hydrogens is 408 g/mol. The molecule has 0 aromatic carbocycles. The molecule has 2 unspecified atom stereocenters.